The van der Waals surface area contributed by atoms with Crippen LogP contribution in [0, 0.1) is 28.6 Å². The summed E-state index contributed by atoms with van der Waals surface area (Å²) in [5, 5.41) is 24.0. The molecule has 4 aliphatic carbocycles. The predicted molar refractivity (Wildman–Crippen MR) is 240 cm³/mol. The number of aliphatic hydroxyl groups is 2. The Balaban J connectivity index is 1.45. The number of rotatable bonds is 17. The number of hydrogen-bond donors (Lipinski definition) is 2. The zero-order valence-electron chi connectivity index (χ0n) is 37.4. The van der Waals surface area contributed by atoms with Crippen LogP contribution in [-0.2, 0) is 13.6 Å². The highest BCUT2D eigenvalue weighted by atomic mass is 32.2. The van der Waals surface area contributed by atoms with Crippen LogP contribution in [0.25, 0.3) is 0 Å². The number of fused-ring (bicyclic) bond motifs is 5. The zero-order valence-corrected chi connectivity index (χ0v) is 41.0. The number of allylic oxidation sites excluding steroid dienone is 4. The first-order valence-electron chi connectivity index (χ1n) is 21.5. The van der Waals surface area contributed by atoms with E-state index in [1.54, 1.807) is 11.1 Å². The van der Waals surface area contributed by atoms with Crippen LogP contribution in [0.5, 0.6) is 0 Å². The minimum atomic E-state index is -1.93. The molecule has 0 bridgehead atoms. The Kier molecular flexibility index (Phi) is 14.7. The number of thioether (sulfide) groups is 2. The third kappa shape index (κ3) is 10.3. The highest BCUT2D eigenvalue weighted by Crippen LogP contribution is 2.66. The molecule has 0 spiro atoms. The molecule has 0 radical (unpaired) electrons. The number of carbonyl (C=O) groups is 1. The molecule has 0 aliphatic heterocycles. The molecule has 4 unspecified atom stereocenters. The largest absolute Gasteiger partial charge is 0.414 e. The van der Waals surface area contributed by atoms with E-state index in [2.05, 4.69) is 124 Å². The summed E-state index contributed by atoms with van der Waals surface area (Å²) in [5.41, 5.74) is 1.73. The molecule has 312 valence electrons. The van der Waals surface area contributed by atoms with Crippen molar-refractivity contribution in [1.82, 2.24) is 0 Å². The second kappa shape index (κ2) is 17.0. The number of carbonyl (C=O) groups excluding carboxylic acids is 1. The Hall–Kier alpha value is 0.124. The SMILES string of the molecule is CC[C@H]1C(=O)C[C@H]2C3=CC=C4CC(SCCCC(C)(O)CO[Si](C)(C)C(C)(C)C)CC(SCCCC(C)(O)CO[Si](C)(C)C(C)(C)C)[C@]4(C)[C@H]3CC[C@]12C. The summed E-state index contributed by atoms with van der Waals surface area (Å²) >= 11 is 4.26. The lowest BCUT2D eigenvalue weighted by atomic mass is 9.50. The first-order valence-corrected chi connectivity index (χ1v) is 29.4. The van der Waals surface area contributed by atoms with Gasteiger partial charge in [0.05, 0.1) is 24.4 Å². The molecule has 2 N–H and O–H groups in total. The Labute approximate surface area is 343 Å². The van der Waals surface area contributed by atoms with Gasteiger partial charge in [-0.3, -0.25) is 4.79 Å². The normalized spacial score (nSPS) is 32.9. The van der Waals surface area contributed by atoms with E-state index in [9.17, 15) is 15.0 Å². The summed E-state index contributed by atoms with van der Waals surface area (Å²) in [6.07, 6.45) is 14.7. The van der Waals surface area contributed by atoms with Gasteiger partial charge >= 0.3 is 0 Å². The van der Waals surface area contributed by atoms with Crippen molar-refractivity contribution in [2.45, 2.75) is 198 Å². The highest BCUT2D eigenvalue weighted by molar-refractivity contribution is 8.00. The van der Waals surface area contributed by atoms with Crippen LogP contribution in [0.4, 0.5) is 0 Å². The van der Waals surface area contributed by atoms with Gasteiger partial charge in [-0.05, 0) is 137 Å². The molecule has 0 heterocycles. The van der Waals surface area contributed by atoms with Gasteiger partial charge in [-0.1, -0.05) is 85.6 Å². The number of ketones is 1. The molecule has 4 rings (SSSR count). The van der Waals surface area contributed by atoms with E-state index in [4.69, 9.17) is 8.85 Å². The van der Waals surface area contributed by atoms with E-state index in [1.807, 2.05) is 13.8 Å². The molecule has 9 atom stereocenters. The summed E-state index contributed by atoms with van der Waals surface area (Å²) in [6, 6.07) is 0. The van der Waals surface area contributed by atoms with Crippen molar-refractivity contribution < 1.29 is 23.9 Å². The molecular formula is C45H82O5S2Si2. The van der Waals surface area contributed by atoms with E-state index < -0.39 is 27.8 Å². The smallest absolute Gasteiger partial charge is 0.192 e. The first-order chi connectivity index (χ1) is 24.6. The molecule has 9 heteroatoms. The quantitative estimate of drug-likeness (QED) is 0.112. The van der Waals surface area contributed by atoms with Crippen molar-refractivity contribution in [1.29, 1.82) is 0 Å². The number of Topliss-reactive ketones (excluding diaryl/α,β-unsaturated/α-hetero) is 1. The van der Waals surface area contributed by atoms with Crippen LogP contribution < -0.4 is 0 Å². The van der Waals surface area contributed by atoms with Gasteiger partial charge in [0.25, 0.3) is 0 Å². The summed E-state index contributed by atoms with van der Waals surface area (Å²) in [5.74, 6) is 3.65. The van der Waals surface area contributed by atoms with Crippen LogP contribution in [0.15, 0.2) is 23.3 Å². The maximum absolute atomic E-state index is 13.3. The molecule has 3 saturated carbocycles. The van der Waals surface area contributed by atoms with Crippen molar-refractivity contribution in [3.8, 4) is 0 Å². The van der Waals surface area contributed by atoms with Crippen LogP contribution in [0.2, 0.25) is 36.3 Å². The van der Waals surface area contributed by atoms with Crippen LogP contribution in [0.3, 0.4) is 0 Å². The highest BCUT2D eigenvalue weighted by Gasteiger charge is 2.60. The molecule has 54 heavy (non-hydrogen) atoms. The predicted octanol–water partition coefficient (Wildman–Crippen LogP) is 12.0. The maximum Gasteiger partial charge on any atom is 0.192 e. The van der Waals surface area contributed by atoms with Gasteiger partial charge < -0.3 is 19.1 Å². The average Bonchev–Trinajstić information content (AvgIpc) is 3.31. The minimum Gasteiger partial charge on any atom is -0.414 e. The molecule has 5 nitrogen and oxygen atoms in total. The Morgan fingerprint density at radius 3 is 1.81 bits per heavy atom. The Morgan fingerprint density at radius 2 is 1.31 bits per heavy atom. The van der Waals surface area contributed by atoms with Gasteiger partial charge in [-0.15, -0.1) is 0 Å². The van der Waals surface area contributed by atoms with Crippen molar-refractivity contribution >= 4 is 45.9 Å². The Morgan fingerprint density at radius 1 is 0.796 bits per heavy atom. The van der Waals surface area contributed by atoms with Gasteiger partial charge in [-0.25, -0.2) is 0 Å². The second-order valence-corrected chi connectivity index (χ2v) is 34.4. The fourth-order valence-electron chi connectivity index (χ4n) is 9.60. The van der Waals surface area contributed by atoms with Gasteiger partial charge in [0.2, 0.25) is 0 Å². The second-order valence-electron chi connectivity index (χ2n) is 22.0. The molecule has 3 fully saturated rings. The van der Waals surface area contributed by atoms with Gasteiger partial charge in [-0.2, -0.15) is 23.5 Å². The first kappa shape index (κ1) is 46.8. The third-order valence-corrected chi connectivity index (χ3v) is 27.5. The summed E-state index contributed by atoms with van der Waals surface area (Å²) in [4.78, 5) is 13.3. The lowest BCUT2D eigenvalue weighted by Crippen LogP contribution is -2.51. The van der Waals surface area contributed by atoms with Crippen LogP contribution in [0.1, 0.15) is 140 Å². The van der Waals surface area contributed by atoms with E-state index in [0.717, 1.165) is 62.9 Å². The van der Waals surface area contributed by atoms with Crippen molar-refractivity contribution in [3.63, 3.8) is 0 Å². The van der Waals surface area contributed by atoms with Gasteiger partial charge in [0, 0.05) is 28.3 Å². The van der Waals surface area contributed by atoms with Crippen molar-refractivity contribution in [2.75, 3.05) is 24.7 Å². The minimum absolute atomic E-state index is 0.0825. The van der Waals surface area contributed by atoms with Gasteiger partial charge in [0.15, 0.2) is 16.6 Å². The lowest BCUT2D eigenvalue weighted by molar-refractivity contribution is -0.122. The maximum atomic E-state index is 13.3. The molecule has 0 aromatic heterocycles. The average molecular weight is 823 g/mol. The zero-order chi connectivity index (χ0) is 40.8. The summed E-state index contributed by atoms with van der Waals surface area (Å²) in [7, 11) is -3.84. The summed E-state index contributed by atoms with van der Waals surface area (Å²) < 4.78 is 12.9. The van der Waals surface area contributed by atoms with E-state index in [1.165, 1.54) is 12.8 Å². The molecule has 0 aromatic carbocycles. The molecule has 0 saturated heterocycles. The molecule has 0 amide bonds. The molecule has 0 aromatic rings. The lowest BCUT2D eigenvalue weighted by Gasteiger charge is -2.57. The summed E-state index contributed by atoms with van der Waals surface area (Å²) in [6.45, 7) is 34.5. The Bertz CT molecular complexity index is 1370. The fraction of sp³-hybridized carbons (Fsp3) is 0.889. The number of hydrogen-bond acceptors (Lipinski definition) is 7. The molecular weight excluding hydrogens is 741 g/mol. The monoisotopic (exact) mass is 823 g/mol. The topological polar surface area (TPSA) is 76.0 Å². The standard InChI is InChI=1S/C45H82O5S2Si2/c1-16-35-38(46)29-37-34-20-19-32-27-33(51-25-17-22-42(8,47)30-49-53(12,13)40(2,3)4)28-39(45(32,11)36(34)21-24-44(35,37)10)52-26-18-23-43(9,48)31-50-54(14,15)41(5,6)7/h19-20,33,35-37,39,47-48H,16-18,21-31H2,1-15H3/t33?,35-,36-,37-,39?,42?,43?,44+,45-/m0/s1. The third-order valence-electron chi connectivity index (χ3n) is 15.5. The molecule has 4 aliphatic rings. The van der Waals surface area contributed by atoms with E-state index in [0.29, 0.717) is 41.3 Å². The van der Waals surface area contributed by atoms with E-state index >= 15 is 0 Å². The van der Waals surface area contributed by atoms with Crippen molar-refractivity contribution in [2.24, 2.45) is 28.6 Å². The van der Waals surface area contributed by atoms with Crippen LogP contribution >= 0.6 is 23.5 Å². The van der Waals surface area contributed by atoms with E-state index in [-0.39, 0.29) is 26.8 Å². The van der Waals surface area contributed by atoms with Gasteiger partial charge in [0.1, 0.15) is 5.78 Å². The fourth-order valence-corrected chi connectivity index (χ4v) is 14.8. The van der Waals surface area contributed by atoms with Crippen LogP contribution in [-0.4, -0.2) is 79.1 Å². The van der Waals surface area contributed by atoms with Crippen molar-refractivity contribution in [3.05, 3.63) is 23.3 Å².